The molecular weight excluding hydrogens is 182 g/mol. The lowest BCUT2D eigenvalue weighted by Gasteiger charge is -2.19. The number of likely N-dealkylation sites (tertiary alicyclic amines) is 1. The molecule has 1 fully saturated rings. The molecule has 14 heavy (non-hydrogen) atoms. The van der Waals surface area contributed by atoms with Gasteiger partial charge in [0, 0.05) is 18.4 Å². The molecule has 0 radical (unpaired) electrons. The van der Waals surface area contributed by atoms with Crippen LogP contribution >= 0.6 is 0 Å². The molecule has 2 rings (SSSR count). The van der Waals surface area contributed by atoms with Crippen LogP contribution in [0.1, 0.15) is 30.4 Å². The highest BCUT2D eigenvalue weighted by Gasteiger charge is 2.31. The summed E-state index contributed by atoms with van der Waals surface area (Å²) in [6, 6.07) is -0.0822. The van der Waals surface area contributed by atoms with Gasteiger partial charge in [0.2, 0.25) is 0 Å². The number of carboxylic acid groups (broad SMARTS) is 1. The second-order valence-corrected chi connectivity index (χ2v) is 3.59. The van der Waals surface area contributed by atoms with Crippen LogP contribution in [0, 0.1) is 6.92 Å². The quantitative estimate of drug-likeness (QED) is 0.714. The number of aromatic nitrogens is 2. The number of hydrogen-bond donors (Lipinski definition) is 2. The van der Waals surface area contributed by atoms with Gasteiger partial charge >= 0.3 is 6.09 Å². The van der Waals surface area contributed by atoms with Crippen molar-refractivity contribution in [2.75, 3.05) is 6.54 Å². The van der Waals surface area contributed by atoms with E-state index in [-0.39, 0.29) is 6.04 Å². The van der Waals surface area contributed by atoms with Gasteiger partial charge in [-0.15, -0.1) is 0 Å². The fourth-order valence-electron chi connectivity index (χ4n) is 1.88. The van der Waals surface area contributed by atoms with Crippen molar-refractivity contribution in [3.8, 4) is 0 Å². The summed E-state index contributed by atoms with van der Waals surface area (Å²) < 4.78 is 0. The second-order valence-electron chi connectivity index (χ2n) is 3.59. The summed E-state index contributed by atoms with van der Waals surface area (Å²) in [4.78, 5) is 19.6. The van der Waals surface area contributed by atoms with E-state index in [1.807, 2.05) is 6.92 Å². The van der Waals surface area contributed by atoms with Gasteiger partial charge in [0.05, 0.1) is 6.04 Å². The first-order valence-electron chi connectivity index (χ1n) is 4.69. The van der Waals surface area contributed by atoms with E-state index in [1.54, 1.807) is 6.20 Å². The molecule has 1 aliphatic rings. The molecule has 0 aliphatic carbocycles. The number of imidazole rings is 1. The molecule has 1 saturated heterocycles. The SMILES string of the molecule is Cc1cnc([C@@H]2CCCN2C(=O)O)[nH]1. The van der Waals surface area contributed by atoms with Crippen LogP contribution in [0.4, 0.5) is 4.79 Å². The predicted molar refractivity (Wildman–Crippen MR) is 50.0 cm³/mol. The zero-order valence-electron chi connectivity index (χ0n) is 8.03. The van der Waals surface area contributed by atoms with Crippen LogP contribution in [0.15, 0.2) is 6.20 Å². The van der Waals surface area contributed by atoms with E-state index in [9.17, 15) is 4.79 Å². The molecule has 2 heterocycles. The fraction of sp³-hybridized carbons (Fsp3) is 0.556. The number of hydrogen-bond acceptors (Lipinski definition) is 2. The van der Waals surface area contributed by atoms with Crippen molar-refractivity contribution >= 4 is 6.09 Å². The Kier molecular flexibility index (Phi) is 2.15. The maximum Gasteiger partial charge on any atom is 0.407 e. The first-order chi connectivity index (χ1) is 6.68. The largest absolute Gasteiger partial charge is 0.465 e. The van der Waals surface area contributed by atoms with Crippen LogP contribution in [-0.4, -0.2) is 32.6 Å². The van der Waals surface area contributed by atoms with Crippen molar-refractivity contribution in [3.05, 3.63) is 17.7 Å². The molecule has 0 saturated carbocycles. The number of rotatable bonds is 1. The summed E-state index contributed by atoms with van der Waals surface area (Å²) in [6.07, 6.45) is 2.64. The van der Waals surface area contributed by atoms with E-state index >= 15 is 0 Å². The van der Waals surface area contributed by atoms with Crippen LogP contribution < -0.4 is 0 Å². The Labute approximate surface area is 81.8 Å². The van der Waals surface area contributed by atoms with Crippen molar-refractivity contribution in [1.29, 1.82) is 0 Å². The highest BCUT2D eigenvalue weighted by atomic mass is 16.4. The van der Waals surface area contributed by atoms with E-state index in [0.29, 0.717) is 6.54 Å². The van der Waals surface area contributed by atoms with Gasteiger partial charge in [-0.2, -0.15) is 0 Å². The third-order valence-electron chi connectivity index (χ3n) is 2.54. The van der Waals surface area contributed by atoms with Crippen LogP contribution in [0.3, 0.4) is 0 Å². The van der Waals surface area contributed by atoms with E-state index in [2.05, 4.69) is 9.97 Å². The number of carbonyl (C=O) groups is 1. The zero-order chi connectivity index (χ0) is 10.1. The van der Waals surface area contributed by atoms with Gasteiger partial charge in [-0.3, -0.25) is 4.90 Å². The Balaban J connectivity index is 2.21. The van der Waals surface area contributed by atoms with Crippen LogP contribution in [-0.2, 0) is 0 Å². The highest BCUT2D eigenvalue weighted by Crippen LogP contribution is 2.29. The summed E-state index contributed by atoms with van der Waals surface area (Å²) in [7, 11) is 0. The summed E-state index contributed by atoms with van der Waals surface area (Å²) in [5.41, 5.74) is 0.970. The summed E-state index contributed by atoms with van der Waals surface area (Å²) in [5, 5.41) is 8.94. The smallest absolute Gasteiger partial charge is 0.407 e. The number of aromatic amines is 1. The van der Waals surface area contributed by atoms with Crippen LogP contribution in [0.2, 0.25) is 0 Å². The number of amides is 1. The summed E-state index contributed by atoms with van der Waals surface area (Å²) in [6.45, 7) is 2.52. The van der Waals surface area contributed by atoms with Crippen molar-refractivity contribution in [1.82, 2.24) is 14.9 Å². The molecule has 1 aromatic rings. The number of nitrogens with one attached hydrogen (secondary N) is 1. The highest BCUT2D eigenvalue weighted by molar-refractivity contribution is 5.66. The van der Waals surface area contributed by atoms with Gasteiger partial charge < -0.3 is 10.1 Å². The summed E-state index contributed by atoms with van der Waals surface area (Å²) in [5.74, 6) is 0.766. The maximum atomic E-state index is 10.9. The molecule has 0 aromatic carbocycles. The molecule has 1 aliphatic heterocycles. The van der Waals surface area contributed by atoms with Crippen LogP contribution in [0.5, 0.6) is 0 Å². The van der Waals surface area contributed by atoms with E-state index in [4.69, 9.17) is 5.11 Å². The van der Waals surface area contributed by atoms with Gasteiger partial charge in [-0.25, -0.2) is 9.78 Å². The third-order valence-corrected chi connectivity index (χ3v) is 2.54. The van der Waals surface area contributed by atoms with Crippen molar-refractivity contribution in [3.63, 3.8) is 0 Å². The van der Waals surface area contributed by atoms with E-state index in [0.717, 1.165) is 24.4 Å². The minimum atomic E-state index is -0.860. The van der Waals surface area contributed by atoms with Gasteiger partial charge in [0.15, 0.2) is 0 Å². The maximum absolute atomic E-state index is 10.9. The van der Waals surface area contributed by atoms with Gasteiger partial charge in [0.25, 0.3) is 0 Å². The van der Waals surface area contributed by atoms with Gasteiger partial charge in [-0.05, 0) is 19.8 Å². The monoisotopic (exact) mass is 195 g/mol. The first-order valence-corrected chi connectivity index (χ1v) is 4.69. The Morgan fingerprint density at radius 2 is 2.57 bits per heavy atom. The molecule has 1 amide bonds. The Morgan fingerprint density at radius 1 is 1.79 bits per heavy atom. The lowest BCUT2D eigenvalue weighted by atomic mass is 10.2. The van der Waals surface area contributed by atoms with E-state index < -0.39 is 6.09 Å². The zero-order valence-corrected chi connectivity index (χ0v) is 8.03. The van der Waals surface area contributed by atoms with E-state index in [1.165, 1.54) is 4.90 Å². The van der Waals surface area contributed by atoms with Gasteiger partial charge in [0.1, 0.15) is 5.82 Å². The fourth-order valence-corrected chi connectivity index (χ4v) is 1.88. The van der Waals surface area contributed by atoms with Gasteiger partial charge in [-0.1, -0.05) is 0 Å². The average Bonchev–Trinajstić information content (AvgIpc) is 2.70. The summed E-state index contributed by atoms with van der Waals surface area (Å²) >= 11 is 0. The Hall–Kier alpha value is -1.52. The molecule has 1 aromatic heterocycles. The normalized spacial score (nSPS) is 21.5. The lowest BCUT2D eigenvalue weighted by Crippen LogP contribution is -2.29. The van der Waals surface area contributed by atoms with Crippen molar-refractivity contribution < 1.29 is 9.90 Å². The standard InChI is InChI=1S/C9H13N3O2/c1-6-5-10-8(11-6)7-3-2-4-12(7)9(13)14/h5,7H,2-4H2,1H3,(H,10,11)(H,13,14)/t7-/m0/s1. The number of nitrogens with zero attached hydrogens (tertiary/aromatic N) is 2. The third kappa shape index (κ3) is 1.45. The minimum absolute atomic E-state index is 0.0822. The van der Waals surface area contributed by atoms with Crippen molar-refractivity contribution in [2.45, 2.75) is 25.8 Å². The Morgan fingerprint density at radius 3 is 3.14 bits per heavy atom. The molecule has 0 spiro atoms. The molecule has 1 atom stereocenters. The van der Waals surface area contributed by atoms with Crippen molar-refractivity contribution in [2.24, 2.45) is 0 Å². The first kappa shape index (κ1) is 9.05. The molecule has 76 valence electrons. The molecule has 0 unspecified atom stereocenters. The molecule has 0 bridgehead atoms. The topological polar surface area (TPSA) is 69.2 Å². The minimum Gasteiger partial charge on any atom is -0.465 e. The Bertz CT molecular complexity index is 348. The van der Waals surface area contributed by atoms with Crippen LogP contribution in [0.25, 0.3) is 0 Å². The molecule has 2 N–H and O–H groups in total. The lowest BCUT2D eigenvalue weighted by molar-refractivity contribution is 0.139. The predicted octanol–water partition coefficient (Wildman–Crippen LogP) is 1.53. The average molecular weight is 195 g/mol. The number of H-pyrrole nitrogens is 1. The number of aryl methyl sites for hydroxylation is 1. The molecule has 5 heteroatoms. The molecular formula is C9H13N3O2. The molecule has 5 nitrogen and oxygen atoms in total. The second kappa shape index (κ2) is 3.32.